The van der Waals surface area contributed by atoms with Crippen LogP contribution in [-0.4, -0.2) is 58.3 Å². The van der Waals surface area contributed by atoms with E-state index in [9.17, 15) is 4.79 Å². The van der Waals surface area contributed by atoms with Gasteiger partial charge in [0, 0.05) is 61.8 Å². The summed E-state index contributed by atoms with van der Waals surface area (Å²) in [6.45, 7) is 8.24. The summed E-state index contributed by atoms with van der Waals surface area (Å²) in [6.07, 6.45) is 3.95. The highest BCUT2D eigenvalue weighted by molar-refractivity contribution is 5.93. The second kappa shape index (κ2) is 8.00. The molecule has 0 unspecified atom stereocenters. The third-order valence-electron chi connectivity index (χ3n) is 5.47. The molecule has 2 N–H and O–H groups in total. The van der Waals surface area contributed by atoms with Crippen molar-refractivity contribution in [1.29, 1.82) is 0 Å². The van der Waals surface area contributed by atoms with E-state index in [1.54, 1.807) is 17.6 Å². The van der Waals surface area contributed by atoms with Crippen LogP contribution in [0.4, 0.5) is 5.69 Å². The van der Waals surface area contributed by atoms with Crippen molar-refractivity contribution in [3.63, 3.8) is 0 Å². The Balaban J connectivity index is 1.56. The number of aromatic nitrogens is 2. The highest BCUT2D eigenvalue weighted by Crippen LogP contribution is 2.27. The van der Waals surface area contributed by atoms with Crippen molar-refractivity contribution >= 4 is 22.6 Å². The Morgan fingerprint density at radius 2 is 1.86 bits per heavy atom. The van der Waals surface area contributed by atoms with Gasteiger partial charge in [-0.15, -0.1) is 0 Å². The van der Waals surface area contributed by atoms with Gasteiger partial charge in [-0.2, -0.15) is 0 Å². The number of fused-ring (bicyclic) bond motifs is 1. The van der Waals surface area contributed by atoms with E-state index in [2.05, 4.69) is 44.6 Å². The van der Waals surface area contributed by atoms with Gasteiger partial charge in [-0.3, -0.25) is 10.0 Å². The molecule has 1 aromatic carbocycles. The summed E-state index contributed by atoms with van der Waals surface area (Å²) in [7, 11) is 0. The topological polar surface area (TPSA) is 73.6 Å². The minimum Gasteiger partial charge on any atom is -0.368 e. The van der Waals surface area contributed by atoms with Crippen molar-refractivity contribution in [1.82, 2.24) is 19.9 Å². The summed E-state index contributed by atoms with van der Waals surface area (Å²) in [4.78, 5) is 21.0. The molecular formula is C21H25N5O2. The van der Waals surface area contributed by atoms with Crippen LogP contribution in [-0.2, 0) is 6.54 Å². The first kappa shape index (κ1) is 18.5. The molecule has 7 nitrogen and oxygen atoms in total. The molecule has 146 valence electrons. The van der Waals surface area contributed by atoms with E-state index >= 15 is 0 Å². The number of hydroxylamine groups is 1. The lowest BCUT2D eigenvalue weighted by atomic mass is 10.1. The summed E-state index contributed by atoms with van der Waals surface area (Å²) in [5.74, 6) is -0.507. The Labute approximate surface area is 164 Å². The number of amides is 1. The molecule has 1 aliphatic heterocycles. The van der Waals surface area contributed by atoms with E-state index in [0.29, 0.717) is 12.1 Å². The van der Waals surface area contributed by atoms with E-state index in [4.69, 9.17) is 5.21 Å². The molecule has 0 aliphatic carbocycles. The van der Waals surface area contributed by atoms with Gasteiger partial charge in [-0.1, -0.05) is 19.1 Å². The Morgan fingerprint density at radius 3 is 2.54 bits per heavy atom. The lowest BCUT2D eigenvalue weighted by molar-refractivity contribution is 0.0706. The summed E-state index contributed by atoms with van der Waals surface area (Å²) >= 11 is 0. The fourth-order valence-corrected chi connectivity index (χ4v) is 3.81. The molecule has 1 aliphatic rings. The van der Waals surface area contributed by atoms with Crippen LogP contribution in [0.2, 0.25) is 0 Å². The highest BCUT2D eigenvalue weighted by atomic mass is 16.5. The number of anilines is 1. The number of piperazine rings is 1. The van der Waals surface area contributed by atoms with Gasteiger partial charge in [-0.05, 0) is 36.4 Å². The molecule has 2 aromatic heterocycles. The largest absolute Gasteiger partial charge is 0.368 e. The minimum absolute atomic E-state index is 0.426. The number of nitrogens with one attached hydrogen (secondary N) is 1. The number of hydrogen-bond donors (Lipinski definition) is 2. The number of rotatable bonds is 5. The first-order valence-electron chi connectivity index (χ1n) is 9.64. The Hall–Kier alpha value is -2.90. The second-order valence-electron chi connectivity index (χ2n) is 7.07. The number of carbonyl (C=O) groups is 1. The average Bonchev–Trinajstić information content (AvgIpc) is 3.16. The van der Waals surface area contributed by atoms with Crippen molar-refractivity contribution in [2.45, 2.75) is 13.5 Å². The molecule has 4 rings (SSSR count). The van der Waals surface area contributed by atoms with Crippen LogP contribution >= 0.6 is 0 Å². The van der Waals surface area contributed by atoms with Gasteiger partial charge < -0.3 is 14.4 Å². The zero-order valence-corrected chi connectivity index (χ0v) is 16.0. The predicted molar refractivity (Wildman–Crippen MR) is 109 cm³/mol. The minimum atomic E-state index is -0.507. The van der Waals surface area contributed by atoms with Gasteiger partial charge in [0.1, 0.15) is 5.65 Å². The van der Waals surface area contributed by atoms with Crippen molar-refractivity contribution in [2.24, 2.45) is 0 Å². The predicted octanol–water partition coefficient (Wildman–Crippen LogP) is 2.35. The number of hydrogen-bond acceptors (Lipinski definition) is 5. The molecule has 0 radical (unpaired) electrons. The van der Waals surface area contributed by atoms with Crippen LogP contribution in [0.1, 0.15) is 22.8 Å². The van der Waals surface area contributed by atoms with E-state index < -0.39 is 5.91 Å². The number of benzene rings is 1. The maximum absolute atomic E-state index is 11.5. The maximum Gasteiger partial charge on any atom is 0.274 e. The highest BCUT2D eigenvalue weighted by Gasteiger charge is 2.18. The van der Waals surface area contributed by atoms with Crippen molar-refractivity contribution in [2.75, 3.05) is 37.6 Å². The Morgan fingerprint density at radius 1 is 1.11 bits per heavy atom. The number of nitrogens with zero attached hydrogens (tertiary/aromatic N) is 4. The van der Waals surface area contributed by atoms with Crippen LogP contribution in [0.5, 0.6) is 0 Å². The monoisotopic (exact) mass is 379 g/mol. The SMILES string of the molecule is CCN1CCN(c2ccnc3c2ccn3Cc2ccc(C(=O)NO)cc2)CC1. The number of likely N-dealkylation sites (N-methyl/N-ethyl adjacent to an activating group) is 1. The van der Waals surface area contributed by atoms with Crippen LogP contribution < -0.4 is 10.4 Å². The smallest absolute Gasteiger partial charge is 0.274 e. The second-order valence-corrected chi connectivity index (χ2v) is 7.07. The van der Waals surface area contributed by atoms with Crippen LogP contribution in [0, 0.1) is 0 Å². The van der Waals surface area contributed by atoms with Crippen LogP contribution in [0.15, 0.2) is 48.8 Å². The van der Waals surface area contributed by atoms with Gasteiger partial charge in [0.2, 0.25) is 0 Å². The van der Waals surface area contributed by atoms with Crippen molar-refractivity contribution in [3.8, 4) is 0 Å². The Kier molecular flexibility index (Phi) is 5.27. The van der Waals surface area contributed by atoms with Gasteiger partial charge in [0.15, 0.2) is 0 Å². The molecule has 7 heteroatoms. The van der Waals surface area contributed by atoms with E-state index in [1.807, 2.05) is 18.3 Å². The molecular weight excluding hydrogens is 354 g/mol. The maximum atomic E-state index is 11.5. The lowest BCUT2D eigenvalue weighted by Crippen LogP contribution is -2.46. The van der Waals surface area contributed by atoms with Gasteiger partial charge >= 0.3 is 0 Å². The van der Waals surface area contributed by atoms with E-state index in [1.165, 1.54) is 11.1 Å². The third kappa shape index (κ3) is 3.58. The number of pyridine rings is 1. The van der Waals surface area contributed by atoms with Gasteiger partial charge in [0.25, 0.3) is 5.91 Å². The standard InChI is InChI=1S/C21H25N5O2/c1-2-24-11-13-25(14-12-24)19-7-9-22-20-18(19)8-10-26(20)15-16-3-5-17(6-4-16)21(27)23-28/h3-10,28H,2,11-15H2,1H3,(H,23,27). The molecule has 1 amide bonds. The van der Waals surface area contributed by atoms with Gasteiger partial charge in [0.05, 0.1) is 0 Å². The fourth-order valence-electron chi connectivity index (χ4n) is 3.81. The first-order chi connectivity index (χ1) is 13.7. The quantitative estimate of drug-likeness (QED) is 0.526. The molecule has 3 aromatic rings. The van der Waals surface area contributed by atoms with Crippen LogP contribution in [0.25, 0.3) is 11.0 Å². The molecule has 0 spiro atoms. The molecule has 0 atom stereocenters. The summed E-state index contributed by atoms with van der Waals surface area (Å²) in [5, 5.41) is 9.90. The van der Waals surface area contributed by atoms with Crippen LogP contribution in [0.3, 0.4) is 0 Å². The normalized spacial score (nSPS) is 15.1. The molecule has 0 bridgehead atoms. The van der Waals surface area contributed by atoms with Gasteiger partial charge in [-0.25, -0.2) is 10.5 Å². The Bertz CT molecular complexity index is 959. The molecule has 1 fully saturated rings. The van der Waals surface area contributed by atoms with Crippen molar-refractivity contribution in [3.05, 3.63) is 59.9 Å². The average molecular weight is 379 g/mol. The van der Waals surface area contributed by atoms with E-state index in [-0.39, 0.29) is 0 Å². The summed E-state index contributed by atoms with van der Waals surface area (Å²) in [5.41, 5.74) is 5.35. The molecule has 3 heterocycles. The zero-order chi connectivity index (χ0) is 19.5. The molecule has 28 heavy (non-hydrogen) atoms. The first-order valence-corrected chi connectivity index (χ1v) is 9.64. The summed E-state index contributed by atoms with van der Waals surface area (Å²) < 4.78 is 2.13. The van der Waals surface area contributed by atoms with Crippen molar-refractivity contribution < 1.29 is 10.0 Å². The number of carbonyl (C=O) groups excluding carboxylic acids is 1. The molecule has 0 saturated carbocycles. The third-order valence-corrected chi connectivity index (χ3v) is 5.47. The lowest BCUT2D eigenvalue weighted by Gasteiger charge is -2.35. The molecule has 1 saturated heterocycles. The van der Waals surface area contributed by atoms with E-state index in [0.717, 1.165) is 43.9 Å². The zero-order valence-electron chi connectivity index (χ0n) is 16.0. The fraction of sp³-hybridized carbons (Fsp3) is 0.333. The summed E-state index contributed by atoms with van der Waals surface area (Å²) in [6, 6.07) is 11.4.